The summed E-state index contributed by atoms with van der Waals surface area (Å²) in [6.07, 6.45) is 4.84. The highest BCUT2D eigenvalue weighted by atomic mass is 35.5. The van der Waals surface area contributed by atoms with Crippen LogP contribution in [0.25, 0.3) is 0 Å². The van der Waals surface area contributed by atoms with Gasteiger partial charge in [0.15, 0.2) is 0 Å². The van der Waals surface area contributed by atoms with Gasteiger partial charge >= 0.3 is 0 Å². The zero-order valence-corrected chi connectivity index (χ0v) is 13.3. The van der Waals surface area contributed by atoms with Crippen LogP contribution < -0.4 is 5.32 Å². The molecular weight excluding hydrogens is 277 g/mol. The van der Waals surface area contributed by atoms with Crippen LogP contribution in [0.1, 0.15) is 38.7 Å². The molecule has 1 aromatic rings. The van der Waals surface area contributed by atoms with E-state index in [1.54, 1.807) is 0 Å². The van der Waals surface area contributed by atoms with Crippen molar-refractivity contribution in [3.8, 4) is 0 Å². The summed E-state index contributed by atoms with van der Waals surface area (Å²) in [6.45, 7) is 5.56. The Morgan fingerprint density at radius 3 is 2.53 bits per heavy atom. The molecule has 0 saturated heterocycles. The summed E-state index contributed by atoms with van der Waals surface area (Å²) in [5.41, 5.74) is 1.12. The molecule has 1 nitrogen and oxygen atoms in total. The number of halogens is 2. The van der Waals surface area contributed by atoms with Gasteiger partial charge in [-0.2, -0.15) is 0 Å². The largest absolute Gasteiger partial charge is 0.314 e. The molecule has 1 aliphatic rings. The van der Waals surface area contributed by atoms with Crippen LogP contribution in [0, 0.1) is 11.8 Å². The van der Waals surface area contributed by atoms with Crippen LogP contribution in [0.3, 0.4) is 0 Å². The molecule has 3 heteroatoms. The van der Waals surface area contributed by atoms with E-state index in [4.69, 9.17) is 23.2 Å². The molecule has 0 aliphatic heterocycles. The Hall–Kier alpha value is -0.240. The molecule has 1 saturated carbocycles. The van der Waals surface area contributed by atoms with Crippen molar-refractivity contribution in [3.05, 3.63) is 33.8 Å². The third-order valence-electron chi connectivity index (χ3n) is 4.24. The quantitative estimate of drug-likeness (QED) is 0.829. The normalized spacial score (nSPS) is 27.5. The van der Waals surface area contributed by atoms with Crippen LogP contribution in [-0.2, 0) is 6.42 Å². The van der Waals surface area contributed by atoms with E-state index in [0.717, 1.165) is 34.5 Å². The molecule has 2 rings (SSSR count). The zero-order valence-electron chi connectivity index (χ0n) is 11.8. The Labute approximate surface area is 126 Å². The Bertz CT molecular complexity index is 399. The van der Waals surface area contributed by atoms with Crippen LogP contribution in [0.5, 0.6) is 0 Å². The van der Waals surface area contributed by atoms with E-state index in [0.29, 0.717) is 12.0 Å². The second kappa shape index (κ2) is 6.97. The van der Waals surface area contributed by atoms with E-state index in [9.17, 15) is 0 Å². The first-order valence-corrected chi connectivity index (χ1v) is 8.03. The van der Waals surface area contributed by atoms with E-state index >= 15 is 0 Å². The summed E-state index contributed by atoms with van der Waals surface area (Å²) in [6, 6.07) is 6.40. The number of hydrogen-bond donors (Lipinski definition) is 1. The van der Waals surface area contributed by atoms with Gasteiger partial charge in [0.1, 0.15) is 0 Å². The third-order valence-corrected chi connectivity index (χ3v) is 4.95. The number of rotatable bonds is 4. The first kappa shape index (κ1) is 15.2. The highest BCUT2D eigenvalue weighted by Gasteiger charge is 2.29. The Balaban J connectivity index is 2.14. The topological polar surface area (TPSA) is 12.0 Å². The van der Waals surface area contributed by atoms with Crippen LogP contribution in [-0.4, -0.2) is 12.6 Å². The van der Waals surface area contributed by atoms with Crippen molar-refractivity contribution < 1.29 is 0 Å². The fourth-order valence-corrected chi connectivity index (χ4v) is 3.80. The second-order valence-electron chi connectivity index (χ2n) is 5.75. The Kier molecular flexibility index (Phi) is 5.56. The van der Waals surface area contributed by atoms with Gasteiger partial charge in [0.2, 0.25) is 0 Å². The van der Waals surface area contributed by atoms with E-state index in [1.807, 2.05) is 18.2 Å². The summed E-state index contributed by atoms with van der Waals surface area (Å²) >= 11 is 12.6. The molecule has 3 unspecified atom stereocenters. The van der Waals surface area contributed by atoms with Crippen LogP contribution in [0.4, 0.5) is 0 Å². The number of benzene rings is 1. The second-order valence-corrected chi connectivity index (χ2v) is 6.56. The SMILES string of the molecule is CCNC1CCC(C)CC1Cc1c(Cl)cccc1Cl. The maximum atomic E-state index is 6.31. The van der Waals surface area contributed by atoms with Crippen molar-refractivity contribution in [2.45, 2.75) is 45.6 Å². The molecule has 0 bridgehead atoms. The summed E-state index contributed by atoms with van der Waals surface area (Å²) < 4.78 is 0. The van der Waals surface area contributed by atoms with Gasteiger partial charge in [0, 0.05) is 16.1 Å². The minimum Gasteiger partial charge on any atom is -0.314 e. The Morgan fingerprint density at radius 2 is 1.89 bits per heavy atom. The monoisotopic (exact) mass is 299 g/mol. The highest BCUT2D eigenvalue weighted by molar-refractivity contribution is 6.35. The van der Waals surface area contributed by atoms with Crippen molar-refractivity contribution >= 4 is 23.2 Å². The maximum absolute atomic E-state index is 6.31. The van der Waals surface area contributed by atoms with Gasteiger partial charge in [-0.1, -0.05) is 43.1 Å². The summed E-state index contributed by atoms with van der Waals surface area (Å²) in [5.74, 6) is 1.45. The van der Waals surface area contributed by atoms with E-state index in [-0.39, 0.29) is 0 Å². The molecule has 0 heterocycles. The molecule has 3 atom stereocenters. The average Bonchev–Trinajstić information content (AvgIpc) is 2.37. The number of nitrogens with one attached hydrogen (secondary N) is 1. The summed E-state index contributed by atoms with van der Waals surface area (Å²) in [4.78, 5) is 0. The van der Waals surface area contributed by atoms with E-state index < -0.39 is 0 Å². The first-order valence-electron chi connectivity index (χ1n) is 7.28. The summed E-state index contributed by atoms with van der Waals surface area (Å²) in [5, 5.41) is 5.24. The van der Waals surface area contributed by atoms with Crippen molar-refractivity contribution in [1.82, 2.24) is 5.32 Å². The van der Waals surface area contributed by atoms with Crippen molar-refractivity contribution in [2.75, 3.05) is 6.54 Å². The van der Waals surface area contributed by atoms with Crippen molar-refractivity contribution in [1.29, 1.82) is 0 Å². The highest BCUT2D eigenvalue weighted by Crippen LogP contribution is 2.35. The molecule has 0 radical (unpaired) electrons. The molecule has 0 amide bonds. The van der Waals surface area contributed by atoms with Crippen molar-refractivity contribution in [2.24, 2.45) is 11.8 Å². The average molecular weight is 300 g/mol. The Morgan fingerprint density at radius 1 is 1.21 bits per heavy atom. The zero-order chi connectivity index (χ0) is 13.8. The molecular formula is C16H23Cl2N. The molecule has 1 N–H and O–H groups in total. The van der Waals surface area contributed by atoms with Gasteiger partial charge in [-0.15, -0.1) is 0 Å². The minimum absolute atomic E-state index is 0.605. The van der Waals surface area contributed by atoms with Gasteiger partial charge in [0.05, 0.1) is 0 Å². The molecule has 19 heavy (non-hydrogen) atoms. The fourth-order valence-electron chi connectivity index (χ4n) is 3.24. The lowest BCUT2D eigenvalue weighted by atomic mass is 9.76. The fraction of sp³-hybridized carbons (Fsp3) is 0.625. The van der Waals surface area contributed by atoms with Gasteiger partial charge in [-0.25, -0.2) is 0 Å². The molecule has 106 valence electrons. The van der Waals surface area contributed by atoms with Crippen molar-refractivity contribution in [3.63, 3.8) is 0 Å². The standard InChI is InChI=1S/C16H23Cl2N/c1-3-19-16-8-7-11(2)9-12(16)10-13-14(17)5-4-6-15(13)18/h4-6,11-12,16,19H,3,7-10H2,1-2H3. The predicted molar refractivity (Wildman–Crippen MR) is 84.1 cm³/mol. The van der Waals surface area contributed by atoms with Crippen LogP contribution in [0.2, 0.25) is 10.0 Å². The molecule has 1 aliphatic carbocycles. The molecule has 0 aromatic heterocycles. The van der Waals surface area contributed by atoms with E-state index in [1.165, 1.54) is 19.3 Å². The summed E-state index contributed by atoms with van der Waals surface area (Å²) in [7, 11) is 0. The predicted octanol–water partition coefficient (Wildman–Crippen LogP) is 4.95. The van der Waals surface area contributed by atoms with Crippen LogP contribution >= 0.6 is 23.2 Å². The molecule has 0 spiro atoms. The lowest BCUT2D eigenvalue weighted by Gasteiger charge is -2.36. The van der Waals surface area contributed by atoms with Gasteiger partial charge in [0.25, 0.3) is 0 Å². The van der Waals surface area contributed by atoms with Gasteiger partial charge in [-0.05, 0) is 61.8 Å². The third kappa shape index (κ3) is 3.87. The maximum Gasteiger partial charge on any atom is 0.0452 e. The molecule has 1 fully saturated rings. The van der Waals surface area contributed by atoms with Gasteiger partial charge < -0.3 is 5.32 Å². The van der Waals surface area contributed by atoms with E-state index in [2.05, 4.69) is 19.2 Å². The first-order chi connectivity index (χ1) is 9.11. The van der Waals surface area contributed by atoms with Crippen LogP contribution in [0.15, 0.2) is 18.2 Å². The molecule has 1 aromatic carbocycles. The lowest BCUT2D eigenvalue weighted by molar-refractivity contribution is 0.214. The minimum atomic E-state index is 0.605. The number of hydrogen-bond acceptors (Lipinski definition) is 1. The van der Waals surface area contributed by atoms with Gasteiger partial charge in [-0.3, -0.25) is 0 Å². The smallest absolute Gasteiger partial charge is 0.0452 e. The lowest BCUT2D eigenvalue weighted by Crippen LogP contribution is -2.41.